The standard InChI is InChI=1S/C16H26S2/c1-5-6-12-17-13-15(16(2,3)4)18-14-10-8-7-9-11-14/h7-11,15H,5-6,12-13H2,1-4H3. The maximum absolute atomic E-state index is 2.36. The van der Waals surface area contributed by atoms with E-state index in [1.807, 2.05) is 11.8 Å². The summed E-state index contributed by atoms with van der Waals surface area (Å²) < 4.78 is 0. The van der Waals surface area contributed by atoms with Crippen LogP contribution >= 0.6 is 23.5 Å². The highest BCUT2D eigenvalue weighted by Crippen LogP contribution is 2.37. The van der Waals surface area contributed by atoms with Crippen LogP contribution in [-0.2, 0) is 0 Å². The van der Waals surface area contributed by atoms with Crippen molar-refractivity contribution in [2.24, 2.45) is 5.41 Å². The van der Waals surface area contributed by atoms with Crippen molar-refractivity contribution in [3.8, 4) is 0 Å². The molecule has 0 fully saturated rings. The molecular formula is C16H26S2. The Morgan fingerprint density at radius 1 is 1.11 bits per heavy atom. The van der Waals surface area contributed by atoms with Crippen LogP contribution in [0.3, 0.4) is 0 Å². The van der Waals surface area contributed by atoms with Crippen LogP contribution in [0.1, 0.15) is 40.5 Å². The van der Waals surface area contributed by atoms with Crippen molar-refractivity contribution >= 4 is 23.5 Å². The summed E-state index contributed by atoms with van der Waals surface area (Å²) >= 11 is 4.14. The van der Waals surface area contributed by atoms with Gasteiger partial charge in [-0.2, -0.15) is 11.8 Å². The van der Waals surface area contributed by atoms with E-state index in [4.69, 9.17) is 0 Å². The van der Waals surface area contributed by atoms with Crippen LogP contribution in [0.2, 0.25) is 0 Å². The third-order valence-corrected chi connectivity index (χ3v) is 5.96. The molecule has 1 rings (SSSR count). The Kier molecular flexibility index (Phi) is 7.25. The normalized spacial score (nSPS) is 13.6. The average molecular weight is 283 g/mol. The number of benzene rings is 1. The van der Waals surface area contributed by atoms with Gasteiger partial charge in [0.2, 0.25) is 0 Å². The van der Waals surface area contributed by atoms with Crippen LogP contribution in [0.5, 0.6) is 0 Å². The number of hydrogen-bond donors (Lipinski definition) is 0. The lowest BCUT2D eigenvalue weighted by atomic mass is 9.93. The molecule has 0 N–H and O–H groups in total. The first kappa shape index (κ1) is 16.0. The van der Waals surface area contributed by atoms with E-state index in [0.717, 1.165) is 0 Å². The van der Waals surface area contributed by atoms with Crippen LogP contribution in [0, 0.1) is 5.41 Å². The topological polar surface area (TPSA) is 0 Å². The van der Waals surface area contributed by atoms with Crippen LogP contribution in [0.15, 0.2) is 35.2 Å². The first-order valence-electron chi connectivity index (χ1n) is 6.83. The predicted molar refractivity (Wildman–Crippen MR) is 87.8 cm³/mol. The summed E-state index contributed by atoms with van der Waals surface area (Å²) in [5, 5.41) is 0.682. The highest BCUT2D eigenvalue weighted by Gasteiger charge is 2.25. The van der Waals surface area contributed by atoms with Crippen molar-refractivity contribution in [2.45, 2.75) is 50.7 Å². The minimum absolute atomic E-state index is 0.361. The summed E-state index contributed by atoms with van der Waals surface area (Å²) in [4.78, 5) is 1.40. The van der Waals surface area contributed by atoms with E-state index in [0.29, 0.717) is 10.7 Å². The molecule has 0 heterocycles. The van der Waals surface area contributed by atoms with Crippen LogP contribution < -0.4 is 0 Å². The van der Waals surface area contributed by atoms with E-state index in [2.05, 4.69) is 69.8 Å². The first-order valence-corrected chi connectivity index (χ1v) is 8.87. The summed E-state index contributed by atoms with van der Waals surface area (Å²) in [5.41, 5.74) is 0.361. The van der Waals surface area contributed by atoms with E-state index >= 15 is 0 Å². The summed E-state index contributed by atoms with van der Waals surface area (Å²) in [6, 6.07) is 10.8. The van der Waals surface area contributed by atoms with Crippen LogP contribution in [0.4, 0.5) is 0 Å². The number of hydrogen-bond acceptors (Lipinski definition) is 2. The molecule has 0 amide bonds. The number of rotatable bonds is 7. The zero-order chi connectivity index (χ0) is 13.4. The molecule has 18 heavy (non-hydrogen) atoms. The van der Waals surface area contributed by atoms with Gasteiger partial charge in [0.15, 0.2) is 0 Å². The molecule has 1 aromatic rings. The van der Waals surface area contributed by atoms with Gasteiger partial charge in [0, 0.05) is 15.9 Å². The average Bonchev–Trinajstić information content (AvgIpc) is 2.33. The second-order valence-corrected chi connectivity index (χ2v) is 8.14. The molecule has 0 radical (unpaired) electrons. The third-order valence-electron chi connectivity index (χ3n) is 2.90. The Bertz CT molecular complexity index is 314. The lowest BCUT2D eigenvalue weighted by molar-refractivity contribution is 0.414. The van der Waals surface area contributed by atoms with E-state index in [-0.39, 0.29) is 0 Å². The van der Waals surface area contributed by atoms with Crippen molar-refractivity contribution in [3.63, 3.8) is 0 Å². The molecule has 1 atom stereocenters. The molecule has 0 aromatic heterocycles. The van der Waals surface area contributed by atoms with Gasteiger partial charge in [-0.15, -0.1) is 11.8 Å². The Balaban J connectivity index is 2.51. The molecule has 2 heteroatoms. The van der Waals surface area contributed by atoms with Crippen LogP contribution in [0.25, 0.3) is 0 Å². The minimum Gasteiger partial charge on any atom is -0.161 e. The molecule has 0 aliphatic heterocycles. The van der Waals surface area contributed by atoms with E-state index in [1.165, 1.54) is 29.2 Å². The molecule has 0 nitrogen and oxygen atoms in total. The second kappa shape index (κ2) is 8.16. The molecule has 102 valence electrons. The zero-order valence-corrected chi connectivity index (χ0v) is 13.7. The predicted octanol–water partition coefficient (Wildman–Crippen LogP) is 5.73. The van der Waals surface area contributed by atoms with Crippen LogP contribution in [-0.4, -0.2) is 16.8 Å². The van der Waals surface area contributed by atoms with Gasteiger partial charge in [-0.05, 0) is 29.7 Å². The smallest absolute Gasteiger partial charge is 0.0233 e. The third kappa shape index (κ3) is 6.19. The Morgan fingerprint density at radius 2 is 1.78 bits per heavy atom. The van der Waals surface area contributed by atoms with Gasteiger partial charge in [0.1, 0.15) is 0 Å². The fraction of sp³-hybridized carbons (Fsp3) is 0.625. The molecule has 1 aromatic carbocycles. The van der Waals surface area contributed by atoms with Gasteiger partial charge in [-0.1, -0.05) is 52.3 Å². The summed E-state index contributed by atoms with van der Waals surface area (Å²) in [6.45, 7) is 9.33. The zero-order valence-electron chi connectivity index (χ0n) is 12.1. The lowest BCUT2D eigenvalue weighted by Gasteiger charge is -2.30. The first-order chi connectivity index (χ1) is 8.54. The molecule has 0 saturated heterocycles. The number of thioether (sulfide) groups is 2. The monoisotopic (exact) mass is 282 g/mol. The Hall–Kier alpha value is -0.0800. The lowest BCUT2D eigenvalue weighted by Crippen LogP contribution is -2.25. The fourth-order valence-corrected chi connectivity index (χ4v) is 4.49. The van der Waals surface area contributed by atoms with Crippen molar-refractivity contribution in [3.05, 3.63) is 30.3 Å². The fourth-order valence-electron chi connectivity index (χ4n) is 1.56. The second-order valence-electron chi connectivity index (χ2n) is 5.71. The van der Waals surface area contributed by atoms with Crippen molar-refractivity contribution in [1.29, 1.82) is 0 Å². The molecule has 1 unspecified atom stereocenters. The summed E-state index contributed by atoms with van der Waals surface area (Å²) in [7, 11) is 0. The maximum Gasteiger partial charge on any atom is 0.0233 e. The molecule has 0 saturated carbocycles. The number of unbranched alkanes of at least 4 members (excludes halogenated alkanes) is 1. The molecule has 0 aliphatic carbocycles. The van der Waals surface area contributed by atoms with Gasteiger partial charge < -0.3 is 0 Å². The maximum atomic E-state index is 2.36. The SMILES string of the molecule is CCCCSCC(Sc1ccccc1)C(C)(C)C. The van der Waals surface area contributed by atoms with Gasteiger partial charge in [-0.3, -0.25) is 0 Å². The van der Waals surface area contributed by atoms with E-state index in [9.17, 15) is 0 Å². The minimum atomic E-state index is 0.361. The highest BCUT2D eigenvalue weighted by atomic mass is 32.2. The van der Waals surface area contributed by atoms with E-state index < -0.39 is 0 Å². The van der Waals surface area contributed by atoms with Gasteiger partial charge >= 0.3 is 0 Å². The van der Waals surface area contributed by atoms with E-state index in [1.54, 1.807) is 0 Å². The summed E-state index contributed by atoms with van der Waals surface area (Å²) in [5.74, 6) is 2.56. The molecule has 0 bridgehead atoms. The van der Waals surface area contributed by atoms with Crippen molar-refractivity contribution in [2.75, 3.05) is 11.5 Å². The van der Waals surface area contributed by atoms with Gasteiger partial charge in [0.25, 0.3) is 0 Å². The largest absolute Gasteiger partial charge is 0.161 e. The summed E-state index contributed by atoms with van der Waals surface area (Å²) in [6.07, 6.45) is 2.65. The Labute approximate surface area is 121 Å². The Morgan fingerprint density at radius 3 is 2.33 bits per heavy atom. The van der Waals surface area contributed by atoms with Gasteiger partial charge in [-0.25, -0.2) is 0 Å². The molecule has 0 spiro atoms. The molecular weight excluding hydrogens is 256 g/mol. The quantitative estimate of drug-likeness (QED) is 0.463. The van der Waals surface area contributed by atoms with Crippen molar-refractivity contribution in [1.82, 2.24) is 0 Å². The highest BCUT2D eigenvalue weighted by molar-refractivity contribution is 8.03. The van der Waals surface area contributed by atoms with Gasteiger partial charge in [0.05, 0.1) is 0 Å². The molecule has 0 aliphatic rings. The van der Waals surface area contributed by atoms with Crippen molar-refractivity contribution < 1.29 is 0 Å².